The standard InChI is InChI=1S/C29H25ClF2N4O5/c1-14(2)26-25(29(39)18-7-5-15(30)9-21(18)35-28(29)38)17(27(37)34-16-6-8-19(31)20(32)10-16)13-36(26)22-12-33-24(41-4)11-23(22)40-3/h5-14,39H,1-4H3,(H,34,37)(H,35,38). The molecule has 41 heavy (non-hydrogen) atoms. The SMILES string of the molecule is COc1cc(OC)c(-n2cc(C(=O)Nc3ccc(F)c(F)c3)c(C3(O)C(=O)Nc4cc(Cl)ccc43)c2C(C)C)cn1. The Balaban J connectivity index is 1.79. The van der Waals surface area contributed by atoms with Gasteiger partial charge in [0, 0.05) is 51.5 Å². The molecule has 3 N–H and O–H groups in total. The van der Waals surface area contributed by atoms with E-state index in [9.17, 15) is 23.5 Å². The van der Waals surface area contributed by atoms with Gasteiger partial charge in [0.1, 0.15) is 11.4 Å². The lowest BCUT2D eigenvalue weighted by molar-refractivity contribution is -0.129. The molecule has 0 radical (unpaired) electrons. The molecular weight excluding hydrogens is 558 g/mol. The fourth-order valence-electron chi connectivity index (χ4n) is 5.00. The molecule has 1 aliphatic rings. The number of aliphatic hydroxyl groups is 1. The molecule has 1 aliphatic heterocycles. The molecule has 4 aromatic rings. The molecule has 0 aliphatic carbocycles. The quantitative estimate of drug-likeness (QED) is 0.269. The van der Waals surface area contributed by atoms with Crippen LogP contribution in [0.5, 0.6) is 11.6 Å². The number of ether oxygens (including phenoxy) is 2. The Morgan fingerprint density at radius 2 is 1.88 bits per heavy atom. The molecule has 1 unspecified atom stereocenters. The van der Waals surface area contributed by atoms with Crippen LogP contribution in [0.15, 0.2) is 54.9 Å². The van der Waals surface area contributed by atoms with E-state index < -0.39 is 29.0 Å². The maximum absolute atomic E-state index is 13.9. The van der Waals surface area contributed by atoms with Crippen LogP contribution < -0.4 is 20.1 Å². The van der Waals surface area contributed by atoms with Crippen LogP contribution in [0.1, 0.15) is 46.9 Å². The molecule has 2 amide bonds. The van der Waals surface area contributed by atoms with Crippen molar-refractivity contribution in [1.29, 1.82) is 0 Å². The fraction of sp³-hybridized carbons (Fsp3) is 0.207. The van der Waals surface area contributed by atoms with Gasteiger partial charge in [0.25, 0.3) is 11.8 Å². The molecule has 1 atom stereocenters. The first kappa shape index (κ1) is 28.1. The lowest BCUT2D eigenvalue weighted by Crippen LogP contribution is -2.38. The number of carbonyl (C=O) groups is 2. The molecule has 0 fully saturated rings. The van der Waals surface area contributed by atoms with Gasteiger partial charge in [-0.25, -0.2) is 13.8 Å². The van der Waals surface area contributed by atoms with E-state index in [1.807, 2.05) is 13.8 Å². The van der Waals surface area contributed by atoms with Crippen molar-refractivity contribution in [2.24, 2.45) is 0 Å². The van der Waals surface area contributed by atoms with Gasteiger partial charge in [-0.3, -0.25) is 9.59 Å². The average molecular weight is 583 g/mol. The van der Waals surface area contributed by atoms with Crippen molar-refractivity contribution in [2.45, 2.75) is 25.4 Å². The van der Waals surface area contributed by atoms with Crippen LogP contribution in [0, 0.1) is 11.6 Å². The number of pyridine rings is 1. The molecular formula is C29H25ClF2N4O5. The van der Waals surface area contributed by atoms with E-state index in [1.54, 1.807) is 10.6 Å². The number of methoxy groups -OCH3 is 2. The molecule has 0 bridgehead atoms. The molecule has 0 spiro atoms. The number of hydrogen-bond acceptors (Lipinski definition) is 6. The van der Waals surface area contributed by atoms with Gasteiger partial charge in [0.05, 0.1) is 26.0 Å². The highest BCUT2D eigenvalue weighted by atomic mass is 35.5. The second kappa shape index (κ2) is 10.5. The van der Waals surface area contributed by atoms with Crippen molar-refractivity contribution < 1.29 is 33.0 Å². The highest BCUT2D eigenvalue weighted by molar-refractivity contribution is 6.31. The fourth-order valence-corrected chi connectivity index (χ4v) is 5.17. The Bertz CT molecular complexity index is 1710. The van der Waals surface area contributed by atoms with Gasteiger partial charge in [-0.2, -0.15) is 0 Å². The predicted octanol–water partition coefficient (Wildman–Crippen LogP) is 5.38. The molecule has 2 aromatic heterocycles. The highest BCUT2D eigenvalue weighted by Gasteiger charge is 2.51. The van der Waals surface area contributed by atoms with Crippen LogP contribution >= 0.6 is 11.6 Å². The third kappa shape index (κ3) is 4.66. The van der Waals surface area contributed by atoms with Gasteiger partial charge in [-0.05, 0) is 30.2 Å². The first-order valence-corrected chi connectivity index (χ1v) is 12.8. The number of carbonyl (C=O) groups excluding carboxylic acids is 2. The molecule has 12 heteroatoms. The summed E-state index contributed by atoms with van der Waals surface area (Å²) < 4.78 is 39.9. The largest absolute Gasteiger partial charge is 0.494 e. The van der Waals surface area contributed by atoms with Gasteiger partial charge in [0.15, 0.2) is 17.2 Å². The van der Waals surface area contributed by atoms with Crippen LogP contribution in [0.25, 0.3) is 5.69 Å². The van der Waals surface area contributed by atoms with Crippen molar-refractivity contribution in [3.63, 3.8) is 0 Å². The number of rotatable bonds is 7. The summed E-state index contributed by atoms with van der Waals surface area (Å²) in [7, 11) is 2.90. The van der Waals surface area contributed by atoms with E-state index >= 15 is 0 Å². The minimum atomic E-state index is -2.32. The normalized spacial score (nSPS) is 16.0. The maximum atomic E-state index is 13.9. The third-order valence-corrected chi connectivity index (χ3v) is 7.07. The van der Waals surface area contributed by atoms with Crippen LogP contribution in [0.3, 0.4) is 0 Å². The number of halogens is 3. The number of aromatic nitrogens is 2. The number of fused-ring (bicyclic) bond motifs is 1. The van der Waals surface area contributed by atoms with Crippen molar-refractivity contribution in [1.82, 2.24) is 9.55 Å². The third-order valence-electron chi connectivity index (χ3n) is 6.83. The van der Waals surface area contributed by atoms with Gasteiger partial charge >= 0.3 is 0 Å². The van der Waals surface area contributed by atoms with Gasteiger partial charge in [0.2, 0.25) is 5.88 Å². The van der Waals surface area contributed by atoms with Crippen LogP contribution in [0.2, 0.25) is 5.02 Å². The Labute approximate surface area is 238 Å². The lowest BCUT2D eigenvalue weighted by atomic mass is 9.82. The van der Waals surface area contributed by atoms with Crippen LogP contribution in [-0.4, -0.2) is 40.7 Å². The maximum Gasteiger partial charge on any atom is 0.265 e. The predicted molar refractivity (Wildman–Crippen MR) is 148 cm³/mol. The van der Waals surface area contributed by atoms with E-state index in [0.29, 0.717) is 22.2 Å². The average Bonchev–Trinajstić information content (AvgIpc) is 3.46. The second-order valence-corrected chi connectivity index (χ2v) is 10.1. The monoisotopic (exact) mass is 582 g/mol. The van der Waals surface area contributed by atoms with E-state index in [-0.39, 0.29) is 39.9 Å². The van der Waals surface area contributed by atoms with Gasteiger partial charge < -0.3 is 29.8 Å². The Morgan fingerprint density at radius 1 is 1.12 bits per heavy atom. The summed E-state index contributed by atoms with van der Waals surface area (Å²) >= 11 is 6.14. The first-order chi connectivity index (χ1) is 19.5. The second-order valence-electron chi connectivity index (χ2n) is 9.66. The zero-order valence-corrected chi connectivity index (χ0v) is 23.1. The Hall–Kier alpha value is -4.48. The Morgan fingerprint density at radius 3 is 2.54 bits per heavy atom. The van der Waals surface area contributed by atoms with Gasteiger partial charge in [-0.15, -0.1) is 0 Å². The van der Waals surface area contributed by atoms with E-state index in [1.165, 1.54) is 50.9 Å². The summed E-state index contributed by atoms with van der Waals surface area (Å²) in [5.41, 5.74) is -1.21. The number of benzene rings is 2. The zero-order valence-electron chi connectivity index (χ0n) is 22.4. The van der Waals surface area contributed by atoms with E-state index in [4.69, 9.17) is 21.1 Å². The summed E-state index contributed by atoms with van der Waals surface area (Å²) in [5.74, 6) is -3.56. The van der Waals surface area contributed by atoms with Crippen LogP contribution in [-0.2, 0) is 10.4 Å². The van der Waals surface area contributed by atoms with Gasteiger partial charge in [-0.1, -0.05) is 31.5 Å². The number of hydrogen-bond donors (Lipinski definition) is 3. The van der Waals surface area contributed by atoms with Crippen LogP contribution in [0.4, 0.5) is 20.2 Å². The molecule has 5 rings (SSSR count). The molecule has 2 aromatic carbocycles. The lowest BCUT2D eigenvalue weighted by Gasteiger charge is -2.26. The summed E-state index contributed by atoms with van der Waals surface area (Å²) in [6.45, 7) is 3.66. The van der Waals surface area contributed by atoms with Crippen molar-refractivity contribution in [2.75, 3.05) is 24.9 Å². The molecule has 3 heterocycles. The number of nitrogens with zero attached hydrogens (tertiary/aromatic N) is 2. The summed E-state index contributed by atoms with van der Waals surface area (Å²) in [6, 6.07) is 8.98. The first-order valence-electron chi connectivity index (χ1n) is 12.4. The smallest absolute Gasteiger partial charge is 0.265 e. The minimum Gasteiger partial charge on any atom is -0.494 e. The van der Waals surface area contributed by atoms with Crippen molar-refractivity contribution in [3.05, 3.63) is 93.9 Å². The number of amides is 2. The molecule has 9 nitrogen and oxygen atoms in total. The van der Waals surface area contributed by atoms with E-state index in [2.05, 4.69) is 15.6 Å². The summed E-state index contributed by atoms with van der Waals surface area (Å²) in [5, 5.41) is 17.8. The van der Waals surface area contributed by atoms with Crippen molar-refractivity contribution >= 4 is 34.8 Å². The summed E-state index contributed by atoms with van der Waals surface area (Å²) in [4.78, 5) is 31.6. The molecule has 0 saturated heterocycles. The van der Waals surface area contributed by atoms with E-state index in [0.717, 1.165) is 12.1 Å². The minimum absolute atomic E-state index is 0.0102. The number of nitrogens with one attached hydrogen (secondary N) is 2. The topological polar surface area (TPSA) is 115 Å². The summed E-state index contributed by atoms with van der Waals surface area (Å²) in [6.07, 6.45) is 2.90. The zero-order chi connectivity index (χ0) is 29.6. The highest BCUT2D eigenvalue weighted by Crippen LogP contribution is 2.47. The Kier molecular flexibility index (Phi) is 7.18. The van der Waals surface area contributed by atoms with Crippen molar-refractivity contribution in [3.8, 4) is 17.3 Å². The number of anilines is 2. The molecule has 0 saturated carbocycles. The molecule has 212 valence electrons.